The van der Waals surface area contributed by atoms with Gasteiger partial charge in [-0.05, 0) is 43.2 Å². The van der Waals surface area contributed by atoms with E-state index in [-0.39, 0.29) is 5.91 Å². The van der Waals surface area contributed by atoms with Gasteiger partial charge in [0, 0.05) is 19.0 Å². The number of hydrogen-bond acceptors (Lipinski definition) is 3. The van der Waals surface area contributed by atoms with E-state index in [0.29, 0.717) is 16.9 Å². The molecule has 1 aromatic heterocycles. The second kappa shape index (κ2) is 6.35. The third-order valence-electron chi connectivity index (χ3n) is 4.16. The van der Waals surface area contributed by atoms with Gasteiger partial charge in [-0.3, -0.25) is 4.79 Å². The number of nitrogen functional groups attached to an aromatic ring is 1. The number of aromatic nitrogens is 2. The number of nitrogens with one attached hydrogen (secondary N) is 1. The van der Waals surface area contributed by atoms with Crippen molar-refractivity contribution in [3.8, 4) is 0 Å². The molecule has 0 bridgehead atoms. The molecule has 3 N–H and O–H groups in total. The van der Waals surface area contributed by atoms with Crippen molar-refractivity contribution in [3.05, 3.63) is 53.3 Å². The highest BCUT2D eigenvalue weighted by Gasteiger charge is 2.17. The first-order valence-corrected chi connectivity index (χ1v) is 8.13. The van der Waals surface area contributed by atoms with E-state index >= 15 is 0 Å². The number of rotatable bonds is 4. The fourth-order valence-corrected chi connectivity index (χ4v) is 2.92. The SMILES string of the molecule is CCCc1nc2c(C)cc(C(=O)N(C)c3ccccc3N)cc2[nH]1. The number of fused-ring (bicyclic) bond motifs is 1. The Morgan fingerprint density at radius 1 is 1.29 bits per heavy atom. The second-order valence-corrected chi connectivity index (χ2v) is 6.05. The molecule has 1 amide bonds. The minimum absolute atomic E-state index is 0.0930. The summed E-state index contributed by atoms with van der Waals surface area (Å²) in [4.78, 5) is 22.4. The Labute approximate surface area is 141 Å². The van der Waals surface area contributed by atoms with Crippen molar-refractivity contribution in [1.29, 1.82) is 0 Å². The number of para-hydroxylation sites is 2. The number of aryl methyl sites for hydroxylation is 2. The molecule has 0 unspecified atom stereocenters. The van der Waals surface area contributed by atoms with Crippen molar-refractivity contribution in [2.45, 2.75) is 26.7 Å². The summed E-state index contributed by atoms with van der Waals surface area (Å²) in [6.45, 7) is 4.10. The molecule has 3 aromatic rings. The maximum atomic E-state index is 12.9. The smallest absolute Gasteiger partial charge is 0.258 e. The molecule has 3 rings (SSSR count). The maximum Gasteiger partial charge on any atom is 0.258 e. The summed E-state index contributed by atoms with van der Waals surface area (Å²) in [5.74, 6) is 0.866. The lowest BCUT2D eigenvalue weighted by Gasteiger charge is -2.19. The van der Waals surface area contributed by atoms with Gasteiger partial charge in [-0.1, -0.05) is 19.1 Å². The average Bonchev–Trinajstić information content (AvgIpc) is 2.97. The van der Waals surface area contributed by atoms with Crippen molar-refractivity contribution in [2.24, 2.45) is 0 Å². The Morgan fingerprint density at radius 3 is 2.75 bits per heavy atom. The van der Waals surface area contributed by atoms with Crippen LogP contribution in [-0.4, -0.2) is 22.9 Å². The molecule has 124 valence electrons. The Morgan fingerprint density at radius 2 is 2.04 bits per heavy atom. The normalized spacial score (nSPS) is 11.0. The summed E-state index contributed by atoms with van der Waals surface area (Å²) in [7, 11) is 1.74. The van der Waals surface area contributed by atoms with E-state index in [2.05, 4.69) is 16.9 Å². The van der Waals surface area contributed by atoms with Crippen LogP contribution in [0, 0.1) is 6.92 Å². The standard InChI is InChI=1S/C19H22N4O/c1-4-7-17-21-15-11-13(10-12(2)18(15)22-17)19(24)23(3)16-9-6-5-8-14(16)20/h5-6,8-11H,4,7,20H2,1-3H3,(H,21,22). The van der Waals surface area contributed by atoms with Gasteiger partial charge in [-0.25, -0.2) is 4.98 Å². The van der Waals surface area contributed by atoms with Crippen molar-refractivity contribution in [2.75, 3.05) is 17.7 Å². The predicted octanol–water partition coefficient (Wildman–Crippen LogP) is 3.68. The highest BCUT2D eigenvalue weighted by Crippen LogP contribution is 2.25. The maximum absolute atomic E-state index is 12.9. The quantitative estimate of drug-likeness (QED) is 0.719. The number of aromatic amines is 1. The molecule has 5 nitrogen and oxygen atoms in total. The number of imidazole rings is 1. The van der Waals surface area contributed by atoms with Crippen molar-refractivity contribution < 1.29 is 4.79 Å². The van der Waals surface area contributed by atoms with Crippen LogP contribution in [0.15, 0.2) is 36.4 Å². The van der Waals surface area contributed by atoms with E-state index in [9.17, 15) is 4.79 Å². The molecule has 2 aromatic carbocycles. The van der Waals surface area contributed by atoms with Crippen molar-refractivity contribution in [3.63, 3.8) is 0 Å². The highest BCUT2D eigenvalue weighted by atomic mass is 16.2. The summed E-state index contributed by atoms with van der Waals surface area (Å²) < 4.78 is 0. The summed E-state index contributed by atoms with van der Waals surface area (Å²) in [5.41, 5.74) is 10.7. The van der Waals surface area contributed by atoms with Gasteiger partial charge in [-0.15, -0.1) is 0 Å². The first kappa shape index (κ1) is 16.1. The van der Waals surface area contributed by atoms with E-state index in [0.717, 1.165) is 35.3 Å². The van der Waals surface area contributed by atoms with Gasteiger partial charge in [0.05, 0.1) is 22.4 Å². The molecule has 5 heteroatoms. The molecule has 0 saturated heterocycles. The zero-order valence-electron chi connectivity index (χ0n) is 14.3. The molecule has 0 fully saturated rings. The Bertz CT molecular complexity index is 898. The first-order chi connectivity index (χ1) is 11.5. The molecule has 0 atom stereocenters. The number of anilines is 2. The molecule has 24 heavy (non-hydrogen) atoms. The number of carbonyl (C=O) groups is 1. The number of benzene rings is 2. The van der Waals surface area contributed by atoms with Crippen LogP contribution in [0.5, 0.6) is 0 Å². The molecule has 0 spiro atoms. The Hall–Kier alpha value is -2.82. The van der Waals surface area contributed by atoms with Gasteiger partial charge in [0.15, 0.2) is 0 Å². The van der Waals surface area contributed by atoms with Gasteiger partial charge in [-0.2, -0.15) is 0 Å². The zero-order chi connectivity index (χ0) is 17.3. The minimum Gasteiger partial charge on any atom is -0.397 e. The molecule has 1 heterocycles. The van der Waals surface area contributed by atoms with E-state index in [1.807, 2.05) is 37.3 Å². The first-order valence-electron chi connectivity index (χ1n) is 8.13. The van der Waals surface area contributed by atoms with Crippen molar-refractivity contribution >= 4 is 28.3 Å². The van der Waals surface area contributed by atoms with E-state index in [1.54, 1.807) is 18.0 Å². The van der Waals surface area contributed by atoms with Crippen LogP contribution in [0.4, 0.5) is 11.4 Å². The van der Waals surface area contributed by atoms with Crippen molar-refractivity contribution in [1.82, 2.24) is 9.97 Å². The molecular weight excluding hydrogens is 300 g/mol. The highest BCUT2D eigenvalue weighted by molar-refractivity contribution is 6.08. The van der Waals surface area contributed by atoms with Crippen LogP contribution >= 0.6 is 0 Å². The topological polar surface area (TPSA) is 75.0 Å². The van der Waals surface area contributed by atoms with Crippen LogP contribution in [-0.2, 0) is 6.42 Å². The van der Waals surface area contributed by atoms with E-state index < -0.39 is 0 Å². The summed E-state index contributed by atoms with van der Waals surface area (Å²) in [6.07, 6.45) is 1.93. The number of nitrogens with zero attached hydrogens (tertiary/aromatic N) is 2. The lowest BCUT2D eigenvalue weighted by atomic mass is 10.1. The second-order valence-electron chi connectivity index (χ2n) is 6.05. The summed E-state index contributed by atoms with van der Waals surface area (Å²) >= 11 is 0. The number of carbonyl (C=O) groups excluding carboxylic acids is 1. The Kier molecular flexibility index (Phi) is 4.25. The fraction of sp³-hybridized carbons (Fsp3) is 0.263. The molecule has 0 radical (unpaired) electrons. The van der Waals surface area contributed by atoms with Crippen LogP contribution in [0.25, 0.3) is 11.0 Å². The summed E-state index contributed by atoms with van der Waals surface area (Å²) in [6, 6.07) is 11.1. The van der Waals surface area contributed by atoms with Gasteiger partial charge in [0.25, 0.3) is 5.91 Å². The molecular formula is C19H22N4O. The molecule has 0 aliphatic heterocycles. The van der Waals surface area contributed by atoms with Gasteiger partial charge in [0.2, 0.25) is 0 Å². The number of amides is 1. The number of H-pyrrole nitrogens is 1. The lowest BCUT2D eigenvalue weighted by Crippen LogP contribution is -2.27. The average molecular weight is 322 g/mol. The molecule has 0 aliphatic carbocycles. The van der Waals surface area contributed by atoms with Gasteiger partial charge >= 0.3 is 0 Å². The van der Waals surface area contributed by atoms with Crippen LogP contribution < -0.4 is 10.6 Å². The van der Waals surface area contributed by atoms with E-state index in [1.165, 1.54) is 0 Å². The number of nitrogens with two attached hydrogens (primary N) is 1. The van der Waals surface area contributed by atoms with Crippen LogP contribution in [0.3, 0.4) is 0 Å². The van der Waals surface area contributed by atoms with E-state index in [4.69, 9.17) is 5.73 Å². The third-order valence-corrected chi connectivity index (χ3v) is 4.16. The lowest BCUT2D eigenvalue weighted by molar-refractivity contribution is 0.0993. The molecule has 0 saturated carbocycles. The van der Waals surface area contributed by atoms with Gasteiger partial charge < -0.3 is 15.6 Å². The molecule has 0 aliphatic rings. The third kappa shape index (κ3) is 2.85. The fourth-order valence-electron chi connectivity index (χ4n) is 2.92. The zero-order valence-corrected chi connectivity index (χ0v) is 14.3. The van der Waals surface area contributed by atoms with Crippen LogP contribution in [0.1, 0.15) is 35.1 Å². The number of hydrogen-bond donors (Lipinski definition) is 2. The Balaban J connectivity index is 1.99. The predicted molar refractivity (Wildman–Crippen MR) is 98.4 cm³/mol. The summed E-state index contributed by atoms with van der Waals surface area (Å²) in [5, 5.41) is 0. The minimum atomic E-state index is -0.0930. The van der Waals surface area contributed by atoms with Crippen LogP contribution in [0.2, 0.25) is 0 Å². The monoisotopic (exact) mass is 322 g/mol. The van der Waals surface area contributed by atoms with Gasteiger partial charge in [0.1, 0.15) is 5.82 Å². The largest absolute Gasteiger partial charge is 0.397 e.